The maximum atomic E-state index is 6.19. The smallest absolute Gasteiger partial charge is 0.184 e. The summed E-state index contributed by atoms with van der Waals surface area (Å²) in [6.07, 6.45) is -0.494. The molecule has 0 amide bonds. The van der Waals surface area contributed by atoms with E-state index < -0.39 is 0 Å². The van der Waals surface area contributed by atoms with Crippen molar-refractivity contribution in [2.45, 2.75) is 45.6 Å². The predicted molar refractivity (Wildman–Crippen MR) is 105 cm³/mol. The summed E-state index contributed by atoms with van der Waals surface area (Å²) in [5, 5.41) is 0. The van der Waals surface area contributed by atoms with Crippen LogP contribution in [0.4, 0.5) is 0 Å². The van der Waals surface area contributed by atoms with E-state index in [0.29, 0.717) is 31.7 Å². The predicted octanol–water partition coefficient (Wildman–Crippen LogP) is 4.43. The number of hydrogen-bond donors (Lipinski definition) is 0. The van der Waals surface area contributed by atoms with Crippen LogP contribution >= 0.6 is 0 Å². The molecule has 0 bridgehead atoms. The van der Waals surface area contributed by atoms with Gasteiger partial charge in [0.1, 0.15) is 6.10 Å². The molecule has 0 spiro atoms. The quantitative estimate of drug-likeness (QED) is 0.689. The van der Waals surface area contributed by atoms with Crippen molar-refractivity contribution < 1.29 is 18.9 Å². The highest BCUT2D eigenvalue weighted by Crippen LogP contribution is 2.33. The number of rotatable bonds is 8. The highest BCUT2D eigenvalue weighted by molar-refractivity contribution is 5.14. The minimum absolute atomic E-state index is 0.00904. The van der Waals surface area contributed by atoms with Crippen LogP contribution in [-0.4, -0.2) is 32.2 Å². The molecule has 0 N–H and O–H groups in total. The van der Waals surface area contributed by atoms with Crippen LogP contribution < -0.4 is 0 Å². The Kier molecular flexibility index (Phi) is 7.41. The lowest BCUT2D eigenvalue weighted by atomic mass is 9.83. The molecule has 2 aromatic carbocycles. The zero-order chi connectivity index (χ0) is 19.1. The Balaban J connectivity index is 1.54. The molecule has 2 aromatic rings. The van der Waals surface area contributed by atoms with Gasteiger partial charge in [0.05, 0.1) is 25.9 Å². The van der Waals surface area contributed by atoms with Gasteiger partial charge in [0.25, 0.3) is 0 Å². The van der Waals surface area contributed by atoms with Crippen LogP contribution in [-0.2, 0) is 32.2 Å². The maximum Gasteiger partial charge on any atom is 0.184 e. The van der Waals surface area contributed by atoms with E-state index in [-0.39, 0.29) is 18.5 Å². The van der Waals surface area contributed by atoms with Crippen LogP contribution in [0.15, 0.2) is 60.7 Å². The van der Waals surface area contributed by atoms with Gasteiger partial charge in [-0.1, -0.05) is 74.5 Å². The third kappa shape index (κ3) is 5.39. The molecule has 3 rings (SSSR count). The lowest BCUT2D eigenvalue weighted by Crippen LogP contribution is -2.52. The van der Waals surface area contributed by atoms with Gasteiger partial charge in [0, 0.05) is 7.11 Å². The van der Waals surface area contributed by atoms with Gasteiger partial charge >= 0.3 is 0 Å². The van der Waals surface area contributed by atoms with Gasteiger partial charge in [0.15, 0.2) is 6.29 Å². The Bertz CT molecular complexity index is 657. The second kappa shape index (κ2) is 10.00. The molecule has 27 heavy (non-hydrogen) atoms. The molecule has 1 heterocycles. The van der Waals surface area contributed by atoms with Gasteiger partial charge in [-0.3, -0.25) is 0 Å². The minimum atomic E-state index is -0.384. The molecule has 2 unspecified atom stereocenters. The molecule has 0 saturated carbocycles. The summed E-state index contributed by atoms with van der Waals surface area (Å²) in [7, 11) is 1.67. The summed E-state index contributed by atoms with van der Waals surface area (Å²) in [6, 6.07) is 20.4. The molecule has 1 saturated heterocycles. The monoisotopic (exact) mass is 370 g/mol. The Morgan fingerprint density at radius 1 is 0.815 bits per heavy atom. The van der Waals surface area contributed by atoms with Crippen molar-refractivity contribution in [3.05, 3.63) is 71.8 Å². The van der Waals surface area contributed by atoms with Crippen molar-refractivity contribution in [1.29, 1.82) is 0 Å². The van der Waals surface area contributed by atoms with Crippen LogP contribution in [0.3, 0.4) is 0 Å². The number of methoxy groups -OCH3 is 1. The molecule has 1 fully saturated rings. The van der Waals surface area contributed by atoms with Gasteiger partial charge in [-0.05, 0) is 23.0 Å². The van der Waals surface area contributed by atoms with E-state index in [0.717, 1.165) is 5.56 Å². The first-order valence-electron chi connectivity index (χ1n) is 9.64. The molecule has 0 aliphatic carbocycles. The van der Waals surface area contributed by atoms with Crippen LogP contribution in [0.1, 0.15) is 25.0 Å². The third-order valence-corrected chi connectivity index (χ3v) is 5.42. The van der Waals surface area contributed by atoms with Gasteiger partial charge in [-0.2, -0.15) is 0 Å². The van der Waals surface area contributed by atoms with E-state index >= 15 is 0 Å². The first-order valence-corrected chi connectivity index (χ1v) is 9.64. The van der Waals surface area contributed by atoms with E-state index in [9.17, 15) is 0 Å². The molecular formula is C23H30O4. The summed E-state index contributed by atoms with van der Waals surface area (Å²) in [5.74, 6) is 0.616. The molecule has 0 aromatic heterocycles. The van der Waals surface area contributed by atoms with Crippen LogP contribution in [0.2, 0.25) is 0 Å². The molecule has 146 valence electrons. The number of ether oxygens (including phenoxy) is 4. The average Bonchev–Trinajstić information content (AvgIpc) is 2.72. The lowest BCUT2D eigenvalue weighted by Gasteiger charge is -2.43. The SMILES string of the molecule is CO[C@H]1OC(COCc2ccccc2)[C@@H](C)[C@H](C)C1OCc1ccccc1. The first-order chi connectivity index (χ1) is 13.2. The third-order valence-electron chi connectivity index (χ3n) is 5.42. The normalized spacial score (nSPS) is 28.2. The van der Waals surface area contributed by atoms with Crippen LogP contribution in [0.25, 0.3) is 0 Å². The summed E-state index contributed by atoms with van der Waals surface area (Å²) < 4.78 is 23.9. The fourth-order valence-corrected chi connectivity index (χ4v) is 3.50. The zero-order valence-corrected chi connectivity index (χ0v) is 16.4. The highest BCUT2D eigenvalue weighted by atomic mass is 16.7. The maximum absolute atomic E-state index is 6.19. The standard InChI is InChI=1S/C23H30O4/c1-17-18(2)22(26-15-20-12-8-5-9-13-20)23(24-3)27-21(17)16-25-14-19-10-6-4-7-11-19/h4-13,17-18,21-23H,14-16H2,1-3H3/t17-,18-,21?,22?,23-/m0/s1. The molecule has 4 nitrogen and oxygen atoms in total. The summed E-state index contributed by atoms with van der Waals surface area (Å²) in [5.41, 5.74) is 2.32. The van der Waals surface area contributed by atoms with Crippen molar-refractivity contribution >= 4 is 0 Å². The van der Waals surface area contributed by atoms with Crippen molar-refractivity contribution in [2.24, 2.45) is 11.8 Å². The van der Waals surface area contributed by atoms with Crippen LogP contribution in [0, 0.1) is 11.8 Å². The summed E-state index contributed by atoms with van der Waals surface area (Å²) in [4.78, 5) is 0. The van der Waals surface area contributed by atoms with Crippen LogP contribution in [0.5, 0.6) is 0 Å². The second-order valence-electron chi connectivity index (χ2n) is 7.26. The first kappa shape index (κ1) is 20.0. The van der Waals surface area contributed by atoms with E-state index in [1.54, 1.807) is 7.11 Å². The van der Waals surface area contributed by atoms with Gasteiger partial charge in [0.2, 0.25) is 0 Å². The van der Waals surface area contributed by atoms with Crippen molar-refractivity contribution in [2.75, 3.05) is 13.7 Å². The fourth-order valence-electron chi connectivity index (χ4n) is 3.50. The average molecular weight is 370 g/mol. The largest absolute Gasteiger partial charge is 0.374 e. The number of benzene rings is 2. The van der Waals surface area contributed by atoms with E-state index in [1.165, 1.54) is 5.56 Å². The van der Waals surface area contributed by atoms with E-state index in [4.69, 9.17) is 18.9 Å². The minimum Gasteiger partial charge on any atom is -0.374 e. The van der Waals surface area contributed by atoms with Gasteiger partial charge < -0.3 is 18.9 Å². The molecule has 4 heteroatoms. The fraction of sp³-hybridized carbons (Fsp3) is 0.478. The Morgan fingerprint density at radius 2 is 1.41 bits per heavy atom. The second-order valence-corrected chi connectivity index (χ2v) is 7.26. The molecule has 1 aliphatic heterocycles. The zero-order valence-electron chi connectivity index (χ0n) is 16.4. The van der Waals surface area contributed by atoms with Crippen molar-refractivity contribution in [1.82, 2.24) is 0 Å². The van der Waals surface area contributed by atoms with E-state index in [2.05, 4.69) is 38.1 Å². The molecule has 1 aliphatic rings. The Labute approximate surface area is 162 Å². The summed E-state index contributed by atoms with van der Waals surface area (Å²) >= 11 is 0. The molecule has 0 radical (unpaired) electrons. The summed E-state index contributed by atoms with van der Waals surface area (Å²) in [6.45, 7) is 6.10. The van der Waals surface area contributed by atoms with Crippen molar-refractivity contribution in [3.8, 4) is 0 Å². The number of hydrogen-bond acceptors (Lipinski definition) is 4. The lowest BCUT2D eigenvalue weighted by molar-refractivity contribution is -0.281. The Morgan fingerprint density at radius 3 is 2.00 bits per heavy atom. The van der Waals surface area contributed by atoms with Gasteiger partial charge in [-0.15, -0.1) is 0 Å². The Hall–Kier alpha value is -1.72. The van der Waals surface area contributed by atoms with Crippen molar-refractivity contribution in [3.63, 3.8) is 0 Å². The van der Waals surface area contributed by atoms with Gasteiger partial charge in [-0.25, -0.2) is 0 Å². The highest BCUT2D eigenvalue weighted by Gasteiger charge is 2.42. The topological polar surface area (TPSA) is 36.9 Å². The van der Waals surface area contributed by atoms with E-state index in [1.807, 2.05) is 36.4 Å². The molecule has 5 atom stereocenters. The molecular weight excluding hydrogens is 340 g/mol.